The van der Waals surface area contributed by atoms with Gasteiger partial charge < -0.3 is 9.73 Å². The maximum atomic E-state index is 5.64. The molecule has 0 radical (unpaired) electrons. The van der Waals surface area contributed by atoms with Gasteiger partial charge in [0.15, 0.2) is 5.76 Å². The van der Waals surface area contributed by atoms with E-state index in [1.165, 1.54) is 5.56 Å². The number of rotatable bonds is 4. The van der Waals surface area contributed by atoms with Crippen LogP contribution in [0.1, 0.15) is 16.9 Å². The van der Waals surface area contributed by atoms with E-state index in [-0.39, 0.29) is 0 Å². The molecule has 0 aliphatic carbocycles. The number of H-pyrrole nitrogens is 1. The van der Waals surface area contributed by atoms with Crippen molar-refractivity contribution in [2.24, 2.45) is 0 Å². The molecule has 0 saturated heterocycles. The topological polar surface area (TPSA) is 53.9 Å². The highest BCUT2D eigenvalue weighted by Gasteiger charge is 2.10. The van der Waals surface area contributed by atoms with Crippen LogP contribution in [0.4, 0.5) is 5.69 Å². The molecule has 0 atom stereocenters. The highest BCUT2D eigenvalue weighted by Crippen LogP contribution is 2.24. The molecule has 4 heteroatoms. The van der Waals surface area contributed by atoms with Crippen LogP contribution >= 0.6 is 0 Å². The van der Waals surface area contributed by atoms with E-state index in [4.69, 9.17) is 4.42 Å². The number of nitrogens with one attached hydrogen (secondary N) is 2. The highest BCUT2D eigenvalue weighted by atomic mass is 16.3. The number of aryl methyl sites for hydroxylation is 2. The highest BCUT2D eigenvalue weighted by molar-refractivity contribution is 5.58. The van der Waals surface area contributed by atoms with Crippen molar-refractivity contribution in [3.05, 3.63) is 59.5 Å². The van der Waals surface area contributed by atoms with Crippen molar-refractivity contribution in [2.75, 3.05) is 5.32 Å². The molecule has 0 bridgehead atoms. The van der Waals surface area contributed by atoms with Gasteiger partial charge in [0.1, 0.15) is 11.5 Å². The molecular weight excluding hydrogens is 250 g/mol. The lowest BCUT2D eigenvalue weighted by Crippen LogP contribution is -1.99. The SMILES string of the molecule is Cc1cccc(NCc2cn[nH]c2-c2ccc(C)o2)c1. The largest absolute Gasteiger partial charge is 0.460 e. The fraction of sp³-hybridized carbons (Fsp3) is 0.188. The summed E-state index contributed by atoms with van der Waals surface area (Å²) in [6, 6.07) is 12.2. The van der Waals surface area contributed by atoms with Gasteiger partial charge in [0.05, 0.1) is 6.20 Å². The molecule has 3 aromatic rings. The van der Waals surface area contributed by atoms with E-state index in [2.05, 4.69) is 40.6 Å². The Bertz CT molecular complexity index is 712. The molecule has 0 aliphatic rings. The molecule has 0 spiro atoms. The fourth-order valence-electron chi connectivity index (χ4n) is 2.18. The Kier molecular flexibility index (Phi) is 3.29. The van der Waals surface area contributed by atoms with E-state index < -0.39 is 0 Å². The number of nitrogens with zero attached hydrogens (tertiary/aromatic N) is 1. The van der Waals surface area contributed by atoms with Crippen LogP contribution in [-0.2, 0) is 6.54 Å². The number of aromatic nitrogens is 2. The number of benzene rings is 1. The minimum atomic E-state index is 0.703. The molecule has 0 fully saturated rings. The first kappa shape index (κ1) is 12.5. The zero-order valence-electron chi connectivity index (χ0n) is 11.6. The number of aromatic amines is 1. The number of hydrogen-bond donors (Lipinski definition) is 2. The quantitative estimate of drug-likeness (QED) is 0.753. The maximum Gasteiger partial charge on any atom is 0.152 e. The van der Waals surface area contributed by atoms with E-state index >= 15 is 0 Å². The number of hydrogen-bond acceptors (Lipinski definition) is 3. The second kappa shape index (κ2) is 5.25. The molecule has 2 N–H and O–H groups in total. The van der Waals surface area contributed by atoms with Gasteiger partial charge in [-0.05, 0) is 43.7 Å². The summed E-state index contributed by atoms with van der Waals surface area (Å²) in [6.45, 7) is 4.72. The van der Waals surface area contributed by atoms with Gasteiger partial charge >= 0.3 is 0 Å². The molecule has 0 aliphatic heterocycles. The third-order valence-electron chi connectivity index (χ3n) is 3.21. The summed E-state index contributed by atoms with van der Waals surface area (Å²) in [6.07, 6.45) is 1.83. The summed E-state index contributed by atoms with van der Waals surface area (Å²) >= 11 is 0. The van der Waals surface area contributed by atoms with Crippen molar-refractivity contribution in [1.82, 2.24) is 10.2 Å². The van der Waals surface area contributed by atoms with Crippen molar-refractivity contribution in [3.8, 4) is 11.5 Å². The molecule has 0 amide bonds. The van der Waals surface area contributed by atoms with Crippen LogP contribution in [0.2, 0.25) is 0 Å². The van der Waals surface area contributed by atoms with Crippen molar-refractivity contribution in [2.45, 2.75) is 20.4 Å². The van der Waals surface area contributed by atoms with E-state index in [1.807, 2.05) is 31.3 Å². The Balaban J connectivity index is 1.77. The molecule has 3 rings (SSSR count). The van der Waals surface area contributed by atoms with E-state index in [9.17, 15) is 0 Å². The van der Waals surface area contributed by atoms with Crippen LogP contribution in [0, 0.1) is 13.8 Å². The summed E-state index contributed by atoms with van der Waals surface area (Å²) in [5, 5.41) is 10.5. The monoisotopic (exact) mass is 267 g/mol. The average Bonchev–Trinajstić information content (AvgIpc) is 3.04. The molecule has 102 valence electrons. The first-order chi connectivity index (χ1) is 9.72. The van der Waals surface area contributed by atoms with Crippen LogP contribution in [0.3, 0.4) is 0 Å². The minimum absolute atomic E-state index is 0.703. The Morgan fingerprint density at radius 2 is 2.10 bits per heavy atom. The normalized spacial score (nSPS) is 10.7. The Morgan fingerprint density at radius 3 is 2.85 bits per heavy atom. The molecule has 0 unspecified atom stereocenters. The average molecular weight is 267 g/mol. The molecule has 20 heavy (non-hydrogen) atoms. The lowest BCUT2D eigenvalue weighted by molar-refractivity contribution is 0.545. The zero-order chi connectivity index (χ0) is 13.9. The standard InChI is InChI=1S/C16H17N3O/c1-11-4-3-5-14(8-11)17-9-13-10-18-19-16(13)15-7-6-12(2)20-15/h3-8,10,17H,9H2,1-2H3,(H,18,19). The third kappa shape index (κ3) is 2.59. The molecule has 2 heterocycles. The Labute approximate surface area is 117 Å². The van der Waals surface area contributed by atoms with Crippen LogP contribution in [-0.4, -0.2) is 10.2 Å². The minimum Gasteiger partial charge on any atom is -0.460 e. The second-order valence-electron chi connectivity index (χ2n) is 4.90. The van der Waals surface area contributed by atoms with Gasteiger partial charge in [-0.2, -0.15) is 5.10 Å². The molecule has 1 aromatic carbocycles. The smallest absolute Gasteiger partial charge is 0.152 e. The van der Waals surface area contributed by atoms with Gasteiger partial charge in [-0.1, -0.05) is 12.1 Å². The number of furan rings is 1. The van der Waals surface area contributed by atoms with Gasteiger partial charge in [-0.15, -0.1) is 0 Å². The first-order valence-corrected chi connectivity index (χ1v) is 6.62. The lowest BCUT2D eigenvalue weighted by Gasteiger charge is -2.06. The van der Waals surface area contributed by atoms with Crippen LogP contribution in [0.15, 0.2) is 47.0 Å². The van der Waals surface area contributed by atoms with Gasteiger partial charge in [0.2, 0.25) is 0 Å². The molecule has 2 aromatic heterocycles. The Hall–Kier alpha value is -2.49. The van der Waals surface area contributed by atoms with Crippen LogP contribution < -0.4 is 5.32 Å². The lowest BCUT2D eigenvalue weighted by atomic mass is 10.2. The Morgan fingerprint density at radius 1 is 1.20 bits per heavy atom. The summed E-state index contributed by atoms with van der Waals surface area (Å²) < 4.78 is 5.64. The van der Waals surface area contributed by atoms with Crippen LogP contribution in [0.25, 0.3) is 11.5 Å². The predicted octanol–water partition coefficient (Wildman–Crippen LogP) is 3.90. The second-order valence-corrected chi connectivity index (χ2v) is 4.90. The third-order valence-corrected chi connectivity index (χ3v) is 3.21. The zero-order valence-corrected chi connectivity index (χ0v) is 11.6. The van der Waals surface area contributed by atoms with Gasteiger partial charge in [0, 0.05) is 17.8 Å². The summed E-state index contributed by atoms with van der Waals surface area (Å²) in [7, 11) is 0. The van der Waals surface area contributed by atoms with Gasteiger partial charge in [-0.25, -0.2) is 0 Å². The van der Waals surface area contributed by atoms with Crippen LogP contribution in [0.5, 0.6) is 0 Å². The fourth-order valence-corrected chi connectivity index (χ4v) is 2.18. The summed E-state index contributed by atoms with van der Waals surface area (Å²) in [5.41, 5.74) is 4.36. The van der Waals surface area contributed by atoms with Gasteiger partial charge in [0.25, 0.3) is 0 Å². The summed E-state index contributed by atoms with van der Waals surface area (Å²) in [4.78, 5) is 0. The molecular formula is C16H17N3O. The van der Waals surface area contributed by atoms with Crippen molar-refractivity contribution in [3.63, 3.8) is 0 Å². The molecule has 4 nitrogen and oxygen atoms in total. The predicted molar refractivity (Wildman–Crippen MR) is 79.5 cm³/mol. The van der Waals surface area contributed by atoms with E-state index in [0.717, 1.165) is 28.5 Å². The van der Waals surface area contributed by atoms with Crippen molar-refractivity contribution >= 4 is 5.69 Å². The van der Waals surface area contributed by atoms with E-state index in [1.54, 1.807) is 0 Å². The van der Waals surface area contributed by atoms with Crippen molar-refractivity contribution in [1.29, 1.82) is 0 Å². The van der Waals surface area contributed by atoms with E-state index in [0.29, 0.717) is 6.54 Å². The number of anilines is 1. The first-order valence-electron chi connectivity index (χ1n) is 6.62. The summed E-state index contributed by atoms with van der Waals surface area (Å²) in [5.74, 6) is 1.72. The van der Waals surface area contributed by atoms with Crippen molar-refractivity contribution < 1.29 is 4.42 Å². The molecule has 0 saturated carbocycles. The maximum absolute atomic E-state index is 5.64. The van der Waals surface area contributed by atoms with Gasteiger partial charge in [-0.3, -0.25) is 5.10 Å².